The van der Waals surface area contributed by atoms with E-state index in [-0.39, 0.29) is 19.4 Å². The summed E-state index contributed by atoms with van der Waals surface area (Å²) in [5.74, 6) is -0.773. The highest BCUT2D eigenvalue weighted by atomic mass is 31.2. The molecule has 1 saturated heterocycles. The Labute approximate surface area is 157 Å². The topological polar surface area (TPSA) is 246 Å². The van der Waals surface area contributed by atoms with Crippen LogP contribution in [0.15, 0.2) is 0 Å². The van der Waals surface area contributed by atoms with Crippen LogP contribution < -0.4 is 16.8 Å². The maximum absolute atomic E-state index is 10.7. The summed E-state index contributed by atoms with van der Waals surface area (Å²) in [6, 6.07) is 0. The second kappa shape index (κ2) is 14.6. The lowest BCUT2D eigenvalue weighted by Gasteiger charge is -2.28. The van der Waals surface area contributed by atoms with E-state index in [0.29, 0.717) is 13.0 Å². The summed E-state index contributed by atoms with van der Waals surface area (Å²) < 4.78 is 26.4. The lowest BCUT2D eigenvalue weighted by molar-refractivity contribution is -0.137. The highest BCUT2D eigenvalue weighted by Gasteiger charge is 2.58. The van der Waals surface area contributed by atoms with Crippen molar-refractivity contribution in [3.05, 3.63) is 0 Å². The van der Waals surface area contributed by atoms with Crippen LogP contribution >= 0.6 is 15.2 Å². The summed E-state index contributed by atoms with van der Waals surface area (Å²) in [5, 5.41) is 17.1. The van der Waals surface area contributed by atoms with Crippen molar-refractivity contribution in [3.63, 3.8) is 0 Å². The maximum Gasteiger partial charge on any atom is 0.369 e. The van der Waals surface area contributed by atoms with Crippen LogP contribution in [-0.2, 0) is 18.7 Å². The number of morpholine rings is 1. The van der Waals surface area contributed by atoms with E-state index >= 15 is 0 Å². The molecule has 164 valence electrons. The Morgan fingerprint density at radius 1 is 1.00 bits per heavy atom. The molecule has 15 heteroatoms. The Hall–Kier alpha value is -0.430. The average Bonchev–Trinajstić information content (AvgIpc) is 2.58. The number of nitrogens with two attached hydrogens (primary N) is 2. The molecule has 0 amide bonds. The number of carbonyl (C=O) groups is 1. The van der Waals surface area contributed by atoms with Gasteiger partial charge in [-0.05, 0) is 25.9 Å². The molecule has 1 aliphatic rings. The van der Waals surface area contributed by atoms with Crippen LogP contribution in [0, 0.1) is 0 Å². The highest BCUT2D eigenvalue weighted by Crippen LogP contribution is 2.69. The Morgan fingerprint density at radius 3 is 1.63 bits per heavy atom. The summed E-state index contributed by atoms with van der Waals surface area (Å²) in [5.41, 5.74) is 10.0. The summed E-state index contributed by atoms with van der Waals surface area (Å²) in [6.45, 7) is 4.26. The van der Waals surface area contributed by atoms with Crippen LogP contribution in [0.25, 0.3) is 0 Å². The van der Waals surface area contributed by atoms with Gasteiger partial charge in [0, 0.05) is 25.9 Å². The first kappa shape index (κ1) is 28.8. The van der Waals surface area contributed by atoms with Gasteiger partial charge in [0.1, 0.15) is 0 Å². The van der Waals surface area contributed by atoms with Gasteiger partial charge in [-0.25, -0.2) is 0 Å². The standard InChI is InChI=1S/C4H13NO7P2.C4H9NO2.C4H9NO/c5-3-1-2-4(6,13(7,8)9)14(10,11)12;5-3-1-2-4(6)7;1-3-6-4-2-5-1/h6H,1-3,5H2,(H2,7,8,9)(H2,10,11,12);1-3,5H2,(H,6,7);5H,1-4H2. The van der Waals surface area contributed by atoms with Crippen LogP contribution in [0.2, 0.25) is 0 Å². The van der Waals surface area contributed by atoms with E-state index in [1.54, 1.807) is 0 Å². The molecule has 1 fully saturated rings. The van der Waals surface area contributed by atoms with E-state index in [0.717, 1.165) is 26.3 Å². The van der Waals surface area contributed by atoms with Gasteiger partial charge in [-0.15, -0.1) is 0 Å². The van der Waals surface area contributed by atoms with Gasteiger partial charge in [0.2, 0.25) is 0 Å². The van der Waals surface area contributed by atoms with Gasteiger partial charge >= 0.3 is 21.2 Å². The van der Waals surface area contributed by atoms with E-state index in [4.69, 9.17) is 40.9 Å². The van der Waals surface area contributed by atoms with Crippen molar-refractivity contribution in [3.8, 4) is 0 Å². The van der Waals surface area contributed by atoms with Crippen molar-refractivity contribution in [1.82, 2.24) is 5.32 Å². The second-order valence-electron chi connectivity index (χ2n) is 5.40. The van der Waals surface area contributed by atoms with Crippen LogP contribution in [0.3, 0.4) is 0 Å². The smallest absolute Gasteiger partial charge is 0.369 e. The number of nitrogens with one attached hydrogen (secondary N) is 1. The quantitative estimate of drug-likeness (QED) is 0.189. The van der Waals surface area contributed by atoms with Crippen LogP contribution in [0.1, 0.15) is 25.7 Å². The van der Waals surface area contributed by atoms with Crippen molar-refractivity contribution in [1.29, 1.82) is 0 Å². The van der Waals surface area contributed by atoms with Crippen molar-refractivity contribution < 1.29 is 48.4 Å². The fourth-order valence-corrected chi connectivity index (χ4v) is 3.83. The molecule has 1 rings (SSSR count). The molecule has 11 N–H and O–H groups in total. The molecule has 27 heavy (non-hydrogen) atoms. The minimum Gasteiger partial charge on any atom is -0.481 e. The first-order valence-electron chi connectivity index (χ1n) is 8.07. The lowest BCUT2D eigenvalue weighted by atomic mass is 10.3. The SMILES string of the molecule is C1COCCN1.NCCCC(=O)O.NCCCC(O)(P(=O)(O)O)P(=O)(O)O. The minimum absolute atomic E-state index is 0.0394. The molecule has 1 heterocycles. The van der Waals surface area contributed by atoms with E-state index < -0.39 is 32.7 Å². The molecular weight excluding hydrogens is 408 g/mol. The minimum atomic E-state index is -5.30. The third-order valence-electron chi connectivity index (χ3n) is 3.09. The zero-order valence-electron chi connectivity index (χ0n) is 14.9. The largest absolute Gasteiger partial charge is 0.481 e. The van der Waals surface area contributed by atoms with Crippen molar-refractivity contribution in [2.75, 3.05) is 39.4 Å². The molecular formula is C12H31N3O10P2. The van der Waals surface area contributed by atoms with Crippen LogP contribution in [-0.4, -0.2) is 80.2 Å². The van der Waals surface area contributed by atoms with Gasteiger partial charge < -0.3 is 51.3 Å². The number of hydrogen-bond donors (Lipinski definition) is 9. The van der Waals surface area contributed by atoms with Crippen LogP contribution in [0.4, 0.5) is 0 Å². The van der Waals surface area contributed by atoms with Crippen LogP contribution in [0.5, 0.6) is 0 Å². The summed E-state index contributed by atoms with van der Waals surface area (Å²) in [4.78, 5) is 44.2. The van der Waals surface area contributed by atoms with Gasteiger partial charge in [-0.1, -0.05) is 0 Å². The second-order valence-corrected chi connectivity index (χ2v) is 9.41. The Balaban J connectivity index is 0. The maximum atomic E-state index is 10.7. The molecule has 0 atom stereocenters. The zero-order valence-corrected chi connectivity index (χ0v) is 16.7. The molecule has 0 radical (unpaired) electrons. The number of ether oxygens (including phenoxy) is 1. The molecule has 13 nitrogen and oxygen atoms in total. The first-order chi connectivity index (χ1) is 12.3. The molecule has 0 aromatic heterocycles. The predicted molar refractivity (Wildman–Crippen MR) is 96.9 cm³/mol. The number of carboxylic acids is 1. The number of aliphatic carboxylic acids is 1. The predicted octanol–water partition coefficient (Wildman–Crippen LogP) is -1.86. The first-order valence-corrected chi connectivity index (χ1v) is 11.3. The van der Waals surface area contributed by atoms with E-state index in [2.05, 4.69) is 5.32 Å². The molecule has 1 aliphatic heterocycles. The Bertz CT molecular complexity index is 458. The lowest BCUT2D eigenvalue weighted by Crippen LogP contribution is -2.30. The van der Waals surface area contributed by atoms with Crippen molar-refractivity contribution >= 4 is 21.2 Å². The molecule has 0 aromatic carbocycles. The number of carboxylic acid groups (broad SMARTS) is 1. The summed E-state index contributed by atoms with van der Waals surface area (Å²) >= 11 is 0. The summed E-state index contributed by atoms with van der Waals surface area (Å²) in [6.07, 6.45) is -0.0867. The highest BCUT2D eigenvalue weighted by molar-refractivity contribution is 7.72. The van der Waals surface area contributed by atoms with Gasteiger partial charge in [0.15, 0.2) is 0 Å². The number of hydrogen-bond acceptors (Lipinski definition) is 8. The van der Waals surface area contributed by atoms with Crippen molar-refractivity contribution in [2.24, 2.45) is 11.5 Å². The van der Waals surface area contributed by atoms with Gasteiger partial charge in [0.25, 0.3) is 5.08 Å². The fraction of sp³-hybridized carbons (Fsp3) is 0.917. The number of rotatable bonds is 8. The molecule has 0 unspecified atom stereocenters. The van der Waals surface area contributed by atoms with Crippen molar-refractivity contribution in [2.45, 2.75) is 30.8 Å². The molecule has 0 aliphatic carbocycles. The summed E-state index contributed by atoms with van der Waals surface area (Å²) in [7, 11) is -10.6. The Kier molecular flexibility index (Phi) is 15.5. The monoisotopic (exact) mass is 439 g/mol. The third-order valence-corrected chi connectivity index (χ3v) is 6.97. The van der Waals surface area contributed by atoms with E-state index in [9.17, 15) is 19.0 Å². The third kappa shape index (κ3) is 13.4. The molecule has 0 bridgehead atoms. The molecule has 0 aromatic rings. The van der Waals surface area contributed by atoms with Gasteiger partial charge in [-0.3, -0.25) is 13.9 Å². The number of aliphatic hydroxyl groups is 1. The molecule has 0 spiro atoms. The zero-order chi connectivity index (χ0) is 21.6. The normalized spacial score (nSPS) is 15.1. The molecule has 0 saturated carbocycles. The Morgan fingerprint density at radius 2 is 1.44 bits per heavy atom. The van der Waals surface area contributed by atoms with Gasteiger partial charge in [-0.2, -0.15) is 0 Å². The van der Waals surface area contributed by atoms with E-state index in [1.165, 1.54) is 0 Å². The average molecular weight is 439 g/mol. The van der Waals surface area contributed by atoms with Gasteiger partial charge in [0.05, 0.1) is 13.2 Å². The fourth-order valence-electron chi connectivity index (χ4n) is 1.57. The van der Waals surface area contributed by atoms with E-state index in [1.807, 2.05) is 0 Å².